The van der Waals surface area contributed by atoms with Gasteiger partial charge in [-0.15, -0.1) is 0 Å². The molecule has 0 aromatic heterocycles. The third-order valence-electron chi connectivity index (χ3n) is 0.541. The predicted octanol–water partition coefficient (Wildman–Crippen LogP) is 0.102. The molecule has 0 aliphatic heterocycles. The molecule has 0 rings (SSSR count). The van der Waals surface area contributed by atoms with Crippen molar-refractivity contribution in [2.24, 2.45) is 0 Å². The first-order valence-electron chi connectivity index (χ1n) is 2.37. The van der Waals surface area contributed by atoms with Crippen LogP contribution in [0.4, 0.5) is 0 Å². The number of hydrogen-bond donors (Lipinski definition) is 2. The van der Waals surface area contributed by atoms with E-state index in [9.17, 15) is 0 Å². The Balaban J connectivity index is 2.69. The Morgan fingerprint density at radius 2 is 2.43 bits per heavy atom. The molecule has 0 aromatic carbocycles. The Morgan fingerprint density at radius 3 is 2.86 bits per heavy atom. The third-order valence-corrected chi connectivity index (χ3v) is 0.541. The van der Waals surface area contributed by atoms with E-state index in [0.717, 1.165) is 0 Å². The van der Waals surface area contributed by atoms with Gasteiger partial charge >= 0.3 is 0 Å². The quantitative estimate of drug-likeness (QED) is 0.494. The van der Waals surface area contributed by atoms with Crippen molar-refractivity contribution in [3.8, 4) is 0 Å². The molecule has 0 bridgehead atoms. The normalized spacial score (nSPS) is 10.0. The summed E-state index contributed by atoms with van der Waals surface area (Å²) < 4.78 is 0. The van der Waals surface area contributed by atoms with Crippen LogP contribution in [0.3, 0.4) is 0 Å². The highest BCUT2D eigenvalue weighted by Crippen LogP contribution is 1.60. The van der Waals surface area contributed by atoms with Crippen LogP contribution in [0.1, 0.15) is 6.92 Å². The van der Waals surface area contributed by atoms with Crippen LogP contribution in [0.5, 0.6) is 0 Å². The van der Waals surface area contributed by atoms with E-state index in [4.69, 9.17) is 5.11 Å². The summed E-state index contributed by atoms with van der Waals surface area (Å²) in [6.07, 6.45) is 3.69. The number of aliphatic hydroxyl groups is 1. The first kappa shape index (κ1) is 6.50. The summed E-state index contributed by atoms with van der Waals surface area (Å²) in [6.45, 7) is 2.76. The van der Waals surface area contributed by atoms with Gasteiger partial charge < -0.3 is 10.4 Å². The maximum Gasteiger partial charge on any atom is 0.0603 e. The van der Waals surface area contributed by atoms with E-state index >= 15 is 0 Å². The van der Waals surface area contributed by atoms with Crippen molar-refractivity contribution in [3.05, 3.63) is 12.3 Å². The summed E-state index contributed by atoms with van der Waals surface area (Å²) in [6, 6.07) is 0. The number of nitrogens with one attached hydrogen (secondary N) is 1. The second kappa shape index (κ2) is 5.50. The van der Waals surface area contributed by atoms with Crippen molar-refractivity contribution in [2.75, 3.05) is 13.2 Å². The van der Waals surface area contributed by atoms with Gasteiger partial charge in [0.25, 0.3) is 0 Å². The zero-order chi connectivity index (χ0) is 5.54. The van der Waals surface area contributed by atoms with Gasteiger partial charge in [-0.3, -0.25) is 0 Å². The van der Waals surface area contributed by atoms with Gasteiger partial charge in [0.2, 0.25) is 0 Å². The molecule has 7 heavy (non-hydrogen) atoms. The average molecular weight is 101 g/mol. The van der Waals surface area contributed by atoms with Crippen LogP contribution in [0.15, 0.2) is 12.3 Å². The topological polar surface area (TPSA) is 32.3 Å². The molecular formula is C5H11NO. The monoisotopic (exact) mass is 101 g/mol. The molecule has 2 N–H and O–H groups in total. The SMILES string of the molecule is CC=CNCCO. The van der Waals surface area contributed by atoms with E-state index in [0.29, 0.717) is 6.54 Å². The highest BCUT2D eigenvalue weighted by Gasteiger charge is 1.69. The molecule has 0 amide bonds. The molecule has 42 valence electrons. The van der Waals surface area contributed by atoms with E-state index in [1.807, 2.05) is 13.0 Å². The summed E-state index contributed by atoms with van der Waals surface area (Å²) in [5.41, 5.74) is 0. The molecule has 0 saturated carbocycles. The first-order chi connectivity index (χ1) is 3.41. The smallest absolute Gasteiger partial charge is 0.0603 e. The van der Waals surface area contributed by atoms with Gasteiger partial charge in [0.15, 0.2) is 0 Å². The highest BCUT2D eigenvalue weighted by atomic mass is 16.3. The van der Waals surface area contributed by atoms with Crippen molar-refractivity contribution in [3.63, 3.8) is 0 Å². The second-order valence-corrected chi connectivity index (χ2v) is 1.18. The van der Waals surface area contributed by atoms with E-state index < -0.39 is 0 Å². The number of allylic oxidation sites excluding steroid dienone is 1. The molecule has 0 heterocycles. The molecule has 2 nitrogen and oxygen atoms in total. The lowest BCUT2D eigenvalue weighted by molar-refractivity contribution is 0.298. The molecule has 0 unspecified atom stereocenters. The Morgan fingerprint density at radius 1 is 1.71 bits per heavy atom. The Kier molecular flexibility index (Phi) is 5.11. The molecule has 2 heteroatoms. The molecule has 0 aromatic rings. The van der Waals surface area contributed by atoms with Gasteiger partial charge in [0.05, 0.1) is 6.61 Å². The minimum atomic E-state index is 0.199. The van der Waals surface area contributed by atoms with Crippen LogP contribution in [-0.4, -0.2) is 18.3 Å². The zero-order valence-corrected chi connectivity index (χ0v) is 4.52. The van der Waals surface area contributed by atoms with Crippen LogP contribution in [-0.2, 0) is 0 Å². The highest BCUT2D eigenvalue weighted by molar-refractivity contribution is 4.72. The summed E-state index contributed by atoms with van der Waals surface area (Å²) in [7, 11) is 0. The maximum atomic E-state index is 8.20. The zero-order valence-electron chi connectivity index (χ0n) is 4.52. The van der Waals surface area contributed by atoms with Crippen LogP contribution in [0.2, 0.25) is 0 Å². The lowest BCUT2D eigenvalue weighted by Gasteiger charge is -1.90. The number of hydrogen-bond acceptors (Lipinski definition) is 2. The summed E-state index contributed by atoms with van der Waals surface area (Å²) in [5.74, 6) is 0. The maximum absolute atomic E-state index is 8.20. The standard InChI is InChI=1S/C5H11NO/c1-2-3-6-4-5-7/h2-3,6-7H,4-5H2,1H3. The van der Waals surface area contributed by atoms with Crippen LogP contribution in [0.25, 0.3) is 0 Å². The van der Waals surface area contributed by atoms with Gasteiger partial charge in [-0.05, 0) is 13.1 Å². The lowest BCUT2D eigenvalue weighted by Crippen LogP contribution is -2.09. The molecule has 0 saturated heterocycles. The Hall–Kier alpha value is -0.500. The van der Waals surface area contributed by atoms with Crippen molar-refractivity contribution in [1.29, 1.82) is 0 Å². The lowest BCUT2D eigenvalue weighted by atomic mass is 10.6. The minimum Gasteiger partial charge on any atom is -0.395 e. The summed E-state index contributed by atoms with van der Waals surface area (Å²) in [5, 5.41) is 11.1. The summed E-state index contributed by atoms with van der Waals surface area (Å²) >= 11 is 0. The number of rotatable bonds is 3. The number of aliphatic hydroxyl groups excluding tert-OH is 1. The van der Waals surface area contributed by atoms with Crippen molar-refractivity contribution in [2.45, 2.75) is 6.92 Å². The van der Waals surface area contributed by atoms with Crippen molar-refractivity contribution >= 4 is 0 Å². The largest absolute Gasteiger partial charge is 0.395 e. The fraction of sp³-hybridized carbons (Fsp3) is 0.600. The molecule has 0 aliphatic rings. The van der Waals surface area contributed by atoms with E-state index in [2.05, 4.69) is 5.32 Å². The molecule has 0 aliphatic carbocycles. The fourth-order valence-electron chi connectivity index (χ4n) is 0.266. The van der Waals surface area contributed by atoms with Gasteiger partial charge in [-0.25, -0.2) is 0 Å². The van der Waals surface area contributed by atoms with E-state index in [1.165, 1.54) is 0 Å². The average Bonchev–Trinajstić information content (AvgIpc) is 1.69. The van der Waals surface area contributed by atoms with E-state index in [-0.39, 0.29) is 6.61 Å². The first-order valence-corrected chi connectivity index (χ1v) is 2.37. The third kappa shape index (κ3) is 5.50. The fourth-order valence-corrected chi connectivity index (χ4v) is 0.266. The molecule has 0 radical (unpaired) electrons. The van der Waals surface area contributed by atoms with Gasteiger partial charge in [0.1, 0.15) is 0 Å². The Bertz CT molecular complexity index is 52.0. The van der Waals surface area contributed by atoms with Gasteiger partial charge in [-0.2, -0.15) is 0 Å². The summed E-state index contributed by atoms with van der Waals surface area (Å²) in [4.78, 5) is 0. The van der Waals surface area contributed by atoms with Gasteiger partial charge in [0, 0.05) is 6.54 Å². The van der Waals surface area contributed by atoms with Crippen LogP contribution in [0, 0.1) is 0 Å². The second-order valence-electron chi connectivity index (χ2n) is 1.18. The molecule has 0 atom stereocenters. The van der Waals surface area contributed by atoms with Crippen LogP contribution >= 0.6 is 0 Å². The molecule has 0 spiro atoms. The van der Waals surface area contributed by atoms with Crippen LogP contribution < -0.4 is 5.32 Å². The van der Waals surface area contributed by atoms with Crippen molar-refractivity contribution < 1.29 is 5.11 Å². The molecular weight excluding hydrogens is 90.1 g/mol. The van der Waals surface area contributed by atoms with Crippen molar-refractivity contribution in [1.82, 2.24) is 5.32 Å². The Labute approximate surface area is 43.9 Å². The minimum absolute atomic E-state index is 0.199. The predicted molar refractivity (Wildman–Crippen MR) is 29.9 cm³/mol. The molecule has 0 fully saturated rings. The van der Waals surface area contributed by atoms with Gasteiger partial charge in [-0.1, -0.05) is 6.08 Å². The van der Waals surface area contributed by atoms with E-state index in [1.54, 1.807) is 6.20 Å².